The summed E-state index contributed by atoms with van der Waals surface area (Å²) in [6, 6.07) is 0.681. The van der Waals surface area contributed by atoms with Gasteiger partial charge in [-0.2, -0.15) is 0 Å². The van der Waals surface area contributed by atoms with Gasteiger partial charge in [-0.05, 0) is 57.9 Å². The first-order valence-electron chi connectivity index (χ1n) is 7.26. The first-order chi connectivity index (χ1) is 8.40. The lowest BCUT2D eigenvalue weighted by molar-refractivity contribution is 0.0519. The topological polar surface area (TPSA) is 30.5 Å². The Morgan fingerprint density at radius 3 is 2.65 bits per heavy atom. The summed E-state index contributed by atoms with van der Waals surface area (Å²) in [7, 11) is 2.10. The van der Waals surface area contributed by atoms with Crippen LogP contribution in [0.2, 0.25) is 0 Å². The highest BCUT2D eigenvalue weighted by Gasteiger charge is 2.23. The van der Waals surface area contributed by atoms with Gasteiger partial charge in [0, 0.05) is 25.9 Å². The summed E-state index contributed by atoms with van der Waals surface area (Å²) in [4.78, 5) is 0. The fourth-order valence-corrected chi connectivity index (χ4v) is 3.17. The minimum absolute atomic E-state index is 0.558. The molecule has 17 heavy (non-hydrogen) atoms. The normalized spacial score (nSPS) is 28.4. The van der Waals surface area contributed by atoms with Crippen LogP contribution in [0.4, 0.5) is 0 Å². The van der Waals surface area contributed by atoms with Gasteiger partial charge in [0.2, 0.25) is 0 Å². The fourth-order valence-electron chi connectivity index (χ4n) is 3.17. The highest BCUT2D eigenvalue weighted by atomic mass is 16.5. The van der Waals surface area contributed by atoms with E-state index in [-0.39, 0.29) is 0 Å². The Kier molecular flexibility index (Phi) is 5.75. The van der Waals surface area contributed by atoms with Gasteiger partial charge in [-0.25, -0.2) is 0 Å². The van der Waals surface area contributed by atoms with Gasteiger partial charge in [0.25, 0.3) is 0 Å². The van der Waals surface area contributed by atoms with Crippen LogP contribution in [0.5, 0.6) is 0 Å². The van der Waals surface area contributed by atoms with Crippen molar-refractivity contribution >= 4 is 0 Å². The molecule has 2 fully saturated rings. The van der Waals surface area contributed by atoms with E-state index < -0.39 is 0 Å². The summed E-state index contributed by atoms with van der Waals surface area (Å²) < 4.78 is 11.1. The van der Waals surface area contributed by atoms with Crippen molar-refractivity contribution in [2.45, 2.75) is 57.1 Å². The second-order valence-electron chi connectivity index (χ2n) is 5.41. The SMILES string of the molecule is CNC(CCCC1CCCO1)C1CCOCC1. The van der Waals surface area contributed by atoms with E-state index in [1.807, 2.05) is 0 Å². The molecule has 0 radical (unpaired) electrons. The zero-order valence-electron chi connectivity index (χ0n) is 11.1. The molecule has 2 unspecified atom stereocenters. The van der Waals surface area contributed by atoms with Crippen LogP contribution in [-0.2, 0) is 9.47 Å². The van der Waals surface area contributed by atoms with E-state index >= 15 is 0 Å². The maximum Gasteiger partial charge on any atom is 0.0576 e. The van der Waals surface area contributed by atoms with Crippen molar-refractivity contribution in [3.8, 4) is 0 Å². The van der Waals surface area contributed by atoms with E-state index in [0.29, 0.717) is 12.1 Å². The monoisotopic (exact) mass is 241 g/mol. The summed E-state index contributed by atoms with van der Waals surface area (Å²) in [5.41, 5.74) is 0. The first-order valence-corrected chi connectivity index (χ1v) is 7.26. The van der Waals surface area contributed by atoms with Crippen LogP contribution in [0.15, 0.2) is 0 Å². The molecule has 0 aromatic carbocycles. The maximum atomic E-state index is 5.67. The number of ether oxygens (including phenoxy) is 2. The second kappa shape index (κ2) is 7.34. The van der Waals surface area contributed by atoms with Crippen molar-refractivity contribution in [2.24, 2.45) is 5.92 Å². The van der Waals surface area contributed by atoms with Crippen molar-refractivity contribution in [2.75, 3.05) is 26.9 Å². The molecule has 0 spiro atoms. The van der Waals surface area contributed by atoms with Gasteiger partial charge in [0.05, 0.1) is 6.10 Å². The molecule has 3 nitrogen and oxygen atoms in total. The number of hydrogen-bond donors (Lipinski definition) is 1. The van der Waals surface area contributed by atoms with Gasteiger partial charge < -0.3 is 14.8 Å². The van der Waals surface area contributed by atoms with Crippen molar-refractivity contribution in [3.05, 3.63) is 0 Å². The van der Waals surface area contributed by atoms with Gasteiger partial charge >= 0.3 is 0 Å². The molecule has 3 heteroatoms. The Labute approximate surface area is 105 Å². The van der Waals surface area contributed by atoms with Gasteiger partial charge in [-0.1, -0.05) is 0 Å². The lowest BCUT2D eigenvalue weighted by atomic mass is 9.88. The molecule has 2 heterocycles. The fraction of sp³-hybridized carbons (Fsp3) is 1.00. The van der Waals surface area contributed by atoms with E-state index in [4.69, 9.17) is 9.47 Å². The molecule has 100 valence electrons. The number of hydrogen-bond acceptors (Lipinski definition) is 3. The molecule has 0 saturated carbocycles. The van der Waals surface area contributed by atoms with Crippen LogP contribution in [0.25, 0.3) is 0 Å². The van der Waals surface area contributed by atoms with Gasteiger partial charge in [-0.3, -0.25) is 0 Å². The highest BCUT2D eigenvalue weighted by molar-refractivity contribution is 4.78. The van der Waals surface area contributed by atoms with Crippen molar-refractivity contribution in [1.29, 1.82) is 0 Å². The van der Waals surface area contributed by atoms with E-state index in [1.165, 1.54) is 44.9 Å². The average Bonchev–Trinajstić information content (AvgIpc) is 2.89. The standard InChI is InChI=1S/C14H27NO2/c1-15-14(12-7-10-16-11-8-12)6-2-4-13-5-3-9-17-13/h12-15H,2-11H2,1H3. The van der Waals surface area contributed by atoms with Crippen molar-refractivity contribution in [1.82, 2.24) is 5.32 Å². The summed E-state index contributed by atoms with van der Waals surface area (Å²) in [6.07, 6.45) is 9.40. The Morgan fingerprint density at radius 2 is 2.00 bits per heavy atom. The van der Waals surface area contributed by atoms with Crippen molar-refractivity contribution < 1.29 is 9.47 Å². The van der Waals surface area contributed by atoms with Crippen LogP contribution in [0.3, 0.4) is 0 Å². The predicted molar refractivity (Wildman–Crippen MR) is 69.2 cm³/mol. The second-order valence-corrected chi connectivity index (χ2v) is 5.41. The predicted octanol–water partition coefficient (Wildman–Crippen LogP) is 2.35. The van der Waals surface area contributed by atoms with Crippen LogP contribution in [-0.4, -0.2) is 39.0 Å². The van der Waals surface area contributed by atoms with Crippen LogP contribution < -0.4 is 5.32 Å². The molecule has 1 N–H and O–H groups in total. The van der Waals surface area contributed by atoms with Gasteiger partial charge in [-0.15, -0.1) is 0 Å². The van der Waals surface area contributed by atoms with Crippen LogP contribution in [0, 0.1) is 5.92 Å². The maximum absolute atomic E-state index is 5.67. The lowest BCUT2D eigenvalue weighted by Crippen LogP contribution is -2.37. The minimum atomic E-state index is 0.558. The molecule has 2 aliphatic rings. The quantitative estimate of drug-likeness (QED) is 0.774. The molecule has 2 aliphatic heterocycles. The van der Waals surface area contributed by atoms with E-state index in [0.717, 1.165) is 25.7 Å². The highest BCUT2D eigenvalue weighted by Crippen LogP contribution is 2.24. The van der Waals surface area contributed by atoms with E-state index in [1.54, 1.807) is 0 Å². The average molecular weight is 241 g/mol. The number of nitrogens with one attached hydrogen (secondary N) is 1. The Morgan fingerprint density at radius 1 is 1.18 bits per heavy atom. The molecule has 2 rings (SSSR count). The van der Waals surface area contributed by atoms with Gasteiger partial charge in [0.15, 0.2) is 0 Å². The lowest BCUT2D eigenvalue weighted by Gasteiger charge is -2.30. The third-order valence-corrected chi connectivity index (χ3v) is 4.27. The third kappa shape index (κ3) is 4.23. The zero-order chi connectivity index (χ0) is 11.9. The molecule has 0 amide bonds. The smallest absolute Gasteiger partial charge is 0.0576 e. The summed E-state index contributed by atoms with van der Waals surface area (Å²) in [5.74, 6) is 0.818. The zero-order valence-corrected chi connectivity index (χ0v) is 11.1. The molecular formula is C14H27NO2. The van der Waals surface area contributed by atoms with Gasteiger partial charge in [0.1, 0.15) is 0 Å². The minimum Gasteiger partial charge on any atom is -0.381 e. The van der Waals surface area contributed by atoms with E-state index in [9.17, 15) is 0 Å². The molecule has 0 aliphatic carbocycles. The summed E-state index contributed by atoms with van der Waals surface area (Å²) >= 11 is 0. The summed E-state index contributed by atoms with van der Waals surface area (Å²) in [5, 5.41) is 3.50. The molecule has 0 aromatic rings. The van der Waals surface area contributed by atoms with Crippen LogP contribution >= 0.6 is 0 Å². The Balaban J connectivity index is 1.63. The molecule has 0 aromatic heterocycles. The number of rotatable bonds is 6. The molecular weight excluding hydrogens is 214 g/mol. The molecule has 2 saturated heterocycles. The Bertz CT molecular complexity index is 198. The largest absolute Gasteiger partial charge is 0.381 e. The molecule has 2 atom stereocenters. The first kappa shape index (κ1) is 13.3. The summed E-state index contributed by atoms with van der Waals surface area (Å²) in [6.45, 7) is 2.89. The van der Waals surface area contributed by atoms with Crippen molar-refractivity contribution in [3.63, 3.8) is 0 Å². The van der Waals surface area contributed by atoms with Crippen LogP contribution in [0.1, 0.15) is 44.9 Å². The third-order valence-electron chi connectivity index (χ3n) is 4.27. The van der Waals surface area contributed by atoms with E-state index in [2.05, 4.69) is 12.4 Å². The Hall–Kier alpha value is -0.120. The molecule has 0 bridgehead atoms.